The molecule has 0 saturated heterocycles. The summed E-state index contributed by atoms with van der Waals surface area (Å²) in [6, 6.07) is 5.32. The minimum Gasteiger partial charge on any atom is -0.495 e. The molecule has 0 radical (unpaired) electrons. The largest absolute Gasteiger partial charge is 0.495 e. The van der Waals surface area contributed by atoms with Gasteiger partial charge in [0, 0.05) is 36.4 Å². The molecule has 1 aromatic heterocycles. The molecule has 0 bridgehead atoms. The Morgan fingerprint density at radius 2 is 2.30 bits per heavy atom. The molecular formula is C14H16ClN3O2. The van der Waals surface area contributed by atoms with E-state index in [0.29, 0.717) is 29.4 Å². The summed E-state index contributed by atoms with van der Waals surface area (Å²) < 4.78 is 6.93. The Bertz CT molecular complexity index is 597. The third-order valence-corrected chi connectivity index (χ3v) is 3.29. The summed E-state index contributed by atoms with van der Waals surface area (Å²) in [4.78, 5) is 11.9. The van der Waals surface area contributed by atoms with Crippen LogP contribution in [0, 0.1) is 6.92 Å². The van der Waals surface area contributed by atoms with E-state index in [1.54, 1.807) is 30.1 Å². The monoisotopic (exact) mass is 293 g/mol. The van der Waals surface area contributed by atoms with E-state index < -0.39 is 0 Å². The minimum absolute atomic E-state index is 0.0967. The van der Waals surface area contributed by atoms with Crippen molar-refractivity contribution in [3.05, 3.63) is 41.2 Å². The van der Waals surface area contributed by atoms with E-state index in [2.05, 4.69) is 10.4 Å². The number of hydrogen-bond donors (Lipinski definition) is 1. The predicted octanol–water partition coefficient (Wildman–Crippen LogP) is 2.88. The van der Waals surface area contributed by atoms with E-state index in [1.165, 1.54) is 0 Å². The van der Waals surface area contributed by atoms with Crippen LogP contribution < -0.4 is 10.1 Å². The van der Waals surface area contributed by atoms with Gasteiger partial charge < -0.3 is 10.1 Å². The number of aromatic nitrogens is 2. The lowest BCUT2D eigenvalue weighted by Crippen LogP contribution is -2.15. The van der Waals surface area contributed by atoms with Crippen LogP contribution in [0.1, 0.15) is 12.0 Å². The lowest BCUT2D eigenvalue weighted by molar-refractivity contribution is -0.116. The molecule has 0 unspecified atom stereocenters. The molecule has 106 valence electrons. The van der Waals surface area contributed by atoms with E-state index in [4.69, 9.17) is 16.3 Å². The SMILES string of the molecule is COc1cc(Cl)c(C)cc1NC(=O)CCn1cccn1. The molecule has 2 rings (SSSR count). The maximum absolute atomic E-state index is 11.9. The summed E-state index contributed by atoms with van der Waals surface area (Å²) in [5.41, 5.74) is 1.51. The van der Waals surface area contributed by atoms with Gasteiger partial charge in [0.15, 0.2) is 0 Å². The molecule has 0 aliphatic rings. The first-order valence-electron chi connectivity index (χ1n) is 6.21. The first kappa shape index (κ1) is 14.4. The number of halogens is 1. The topological polar surface area (TPSA) is 56.1 Å². The fourth-order valence-corrected chi connectivity index (χ4v) is 1.94. The molecule has 0 spiro atoms. The molecule has 1 N–H and O–H groups in total. The summed E-state index contributed by atoms with van der Waals surface area (Å²) in [7, 11) is 1.54. The first-order chi connectivity index (χ1) is 9.60. The molecule has 1 amide bonds. The zero-order chi connectivity index (χ0) is 14.5. The number of ether oxygens (including phenoxy) is 1. The number of nitrogens with zero attached hydrogens (tertiary/aromatic N) is 2. The van der Waals surface area contributed by atoms with Crippen molar-refractivity contribution < 1.29 is 9.53 Å². The molecule has 0 aliphatic carbocycles. The van der Waals surface area contributed by atoms with E-state index >= 15 is 0 Å². The molecule has 0 saturated carbocycles. The van der Waals surface area contributed by atoms with Crippen molar-refractivity contribution in [1.82, 2.24) is 9.78 Å². The van der Waals surface area contributed by atoms with Gasteiger partial charge in [-0.1, -0.05) is 11.6 Å². The smallest absolute Gasteiger partial charge is 0.226 e. The number of benzene rings is 1. The van der Waals surface area contributed by atoms with Crippen molar-refractivity contribution in [1.29, 1.82) is 0 Å². The Balaban J connectivity index is 2.01. The van der Waals surface area contributed by atoms with Crippen molar-refractivity contribution in [2.24, 2.45) is 0 Å². The van der Waals surface area contributed by atoms with Crippen LogP contribution in [-0.4, -0.2) is 22.8 Å². The second-order valence-electron chi connectivity index (χ2n) is 4.37. The highest BCUT2D eigenvalue weighted by atomic mass is 35.5. The molecule has 1 aromatic carbocycles. The van der Waals surface area contributed by atoms with Gasteiger partial charge in [0.25, 0.3) is 0 Å². The summed E-state index contributed by atoms with van der Waals surface area (Å²) in [5.74, 6) is 0.452. The number of carbonyl (C=O) groups is 1. The summed E-state index contributed by atoms with van der Waals surface area (Å²) in [6.45, 7) is 2.41. The Morgan fingerprint density at radius 3 is 2.95 bits per heavy atom. The van der Waals surface area contributed by atoms with Gasteiger partial charge in [0.05, 0.1) is 12.8 Å². The normalized spacial score (nSPS) is 10.3. The Morgan fingerprint density at radius 1 is 1.50 bits per heavy atom. The number of aryl methyl sites for hydroxylation is 2. The summed E-state index contributed by atoms with van der Waals surface area (Å²) in [6.07, 6.45) is 3.84. The van der Waals surface area contributed by atoms with E-state index in [0.717, 1.165) is 5.56 Å². The van der Waals surface area contributed by atoms with Crippen LogP contribution in [0.4, 0.5) is 5.69 Å². The van der Waals surface area contributed by atoms with Gasteiger partial charge in [-0.05, 0) is 24.6 Å². The van der Waals surface area contributed by atoms with Gasteiger partial charge in [-0.2, -0.15) is 5.10 Å². The Kier molecular flexibility index (Phi) is 4.63. The second kappa shape index (κ2) is 6.43. The van der Waals surface area contributed by atoms with Crippen LogP contribution in [0.15, 0.2) is 30.6 Å². The molecular weight excluding hydrogens is 278 g/mol. The minimum atomic E-state index is -0.0967. The van der Waals surface area contributed by atoms with E-state index in [1.807, 2.05) is 19.2 Å². The van der Waals surface area contributed by atoms with Gasteiger partial charge >= 0.3 is 0 Å². The Labute approximate surface area is 122 Å². The van der Waals surface area contributed by atoms with Crippen molar-refractivity contribution in [2.45, 2.75) is 19.9 Å². The molecule has 0 aliphatic heterocycles. The first-order valence-corrected chi connectivity index (χ1v) is 6.59. The van der Waals surface area contributed by atoms with Crippen molar-refractivity contribution in [2.75, 3.05) is 12.4 Å². The number of amides is 1. The zero-order valence-electron chi connectivity index (χ0n) is 11.4. The van der Waals surface area contributed by atoms with Crippen molar-refractivity contribution in [3.8, 4) is 5.75 Å². The molecule has 0 atom stereocenters. The predicted molar refractivity (Wildman–Crippen MR) is 78.2 cm³/mol. The molecule has 5 nitrogen and oxygen atoms in total. The molecule has 20 heavy (non-hydrogen) atoms. The summed E-state index contributed by atoms with van der Waals surface area (Å²) >= 11 is 6.03. The molecule has 6 heteroatoms. The maximum atomic E-state index is 11.9. The van der Waals surface area contributed by atoms with Crippen molar-refractivity contribution in [3.63, 3.8) is 0 Å². The van der Waals surface area contributed by atoms with Crippen LogP contribution in [0.5, 0.6) is 5.75 Å². The number of nitrogens with one attached hydrogen (secondary N) is 1. The Hall–Kier alpha value is -2.01. The van der Waals surface area contributed by atoms with Gasteiger partial charge in [0.2, 0.25) is 5.91 Å². The van der Waals surface area contributed by atoms with Crippen LogP contribution >= 0.6 is 11.6 Å². The highest BCUT2D eigenvalue weighted by Gasteiger charge is 2.10. The fourth-order valence-electron chi connectivity index (χ4n) is 1.79. The highest BCUT2D eigenvalue weighted by molar-refractivity contribution is 6.31. The van der Waals surface area contributed by atoms with Crippen LogP contribution in [0.2, 0.25) is 5.02 Å². The molecule has 0 fully saturated rings. The molecule has 2 aromatic rings. The average molecular weight is 294 g/mol. The number of methoxy groups -OCH3 is 1. The zero-order valence-corrected chi connectivity index (χ0v) is 12.1. The van der Waals surface area contributed by atoms with Gasteiger partial charge in [-0.15, -0.1) is 0 Å². The standard InChI is InChI=1S/C14H16ClN3O2/c1-10-8-12(13(20-2)9-11(10)15)17-14(19)4-7-18-6-3-5-16-18/h3,5-6,8-9H,4,7H2,1-2H3,(H,17,19). The number of hydrogen-bond acceptors (Lipinski definition) is 3. The average Bonchev–Trinajstić information content (AvgIpc) is 2.93. The third kappa shape index (κ3) is 3.51. The quantitative estimate of drug-likeness (QED) is 0.922. The van der Waals surface area contributed by atoms with Gasteiger partial charge in [0.1, 0.15) is 5.75 Å². The fraction of sp³-hybridized carbons (Fsp3) is 0.286. The van der Waals surface area contributed by atoms with Crippen molar-refractivity contribution >= 4 is 23.2 Å². The van der Waals surface area contributed by atoms with E-state index in [9.17, 15) is 4.79 Å². The van der Waals surface area contributed by atoms with E-state index in [-0.39, 0.29) is 5.91 Å². The maximum Gasteiger partial charge on any atom is 0.226 e. The van der Waals surface area contributed by atoms with Crippen LogP contribution in [0.3, 0.4) is 0 Å². The lowest BCUT2D eigenvalue weighted by atomic mass is 10.2. The highest BCUT2D eigenvalue weighted by Crippen LogP contribution is 2.30. The lowest BCUT2D eigenvalue weighted by Gasteiger charge is -2.12. The summed E-state index contributed by atoms with van der Waals surface area (Å²) in [5, 5.41) is 7.49. The number of rotatable bonds is 5. The number of anilines is 1. The van der Waals surface area contributed by atoms with Gasteiger partial charge in [-0.3, -0.25) is 9.48 Å². The van der Waals surface area contributed by atoms with Gasteiger partial charge in [-0.25, -0.2) is 0 Å². The second-order valence-corrected chi connectivity index (χ2v) is 4.78. The van der Waals surface area contributed by atoms with Crippen LogP contribution in [-0.2, 0) is 11.3 Å². The third-order valence-electron chi connectivity index (χ3n) is 2.88. The molecule has 1 heterocycles. The number of carbonyl (C=O) groups excluding carboxylic acids is 1. The van der Waals surface area contributed by atoms with Crippen LogP contribution in [0.25, 0.3) is 0 Å².